The third-order valence-electron chi connectivity index (χ3n) is 2.84. The molecule has 0 aromatic heterocycles. The largest absolute Gasteiger partial charge is 0.497 e. The van der Waals surface area contributed by atoms with E-state index in [1.165, 1.54) is 0 Å². The molecule has 2 rings (SSSR count). The minimum atomic E-state index is -1.05. The Hall–Kier alpha value is -2.28. The van der Waals surface area contributed by atoms with Gasteiger partial charge in [-0.1, -0.05) is 12.1 Å². The van der Waals surface area contributed by atoms with Gasteiger partial charge < -0.3 is 9.84 Å². The molecule has 0 unspecified atom stereocenters. The fourth-order valence-electron chi connectivity index (χ4n) is 1.75. The molecule has 1 aromatic rings. The van der Waals surface area contributed by atoms with Crippen molar-refractivity contribution in [3.05, 3.63) is 34.7 Å². The van der Waals surface area contributed by atoms with E-state index in [-0.39, 0.29) is 17.9 Å². The minimum Gasteiger partial charge on any atom is -0.497 e. The van der Waals surface area contributed by atoms with Crippen molar-refractivity contribution in [2.24, 2.45) is 0 Å². The molecule has 1 aliphatic rings. The number of carbonyl (C=O) groups is 3. The summed E-state index contributed by atoms with van der Waals surface area (Å²) in [5, 5.41) is 8.17. The number of ether oxygens (including phenoxy) is 1. The number of carboxylic acid groups (broad SMARTS) is 1. The smallest absolute Gasteiger partial charge is 0.305 e. The summed E-state index contributed by atoms with van der Waals surface area (Å²) in [5.41, 5.74) is 0.763. The van der Waals surface area contributed by atoms with Crippen molar-refractivity contribution in [2.45, 2.75) is 6.42 Å². The second-order valence-corrected chi connectivity index (χ2v) is 5.24. The highest BCUT2D eigenvalue weighted by Crippen LogP contribution is 2.32. The third-order valence-corrected chi connectivity index (χ3v) is 3.74. The third kappa shape index (κ3) is 3.63. The molecule has 0 radical (unpaired) electrons. The van der Waals surface area contributed by atoms with Crippen LogP contribution < -0.4 is 4.74 Å². The molecule has 2 amide bonds. The Balaban J connectivity index is 2.13. The van der Waals surface area contributed by atoms with Crippen LogP contribution >= 0.6 is 11.8 Å². The van der Waals surface area contributed by atoms with Crippen molar-refractivity contribution < 1.29 is 24.2 Å². The number of aliphatic carboxylic acids is 1. The lowest BCUT2D eigenvalue weighted by atomic mass is 10.2. The summed E-state index contributed by atoms with van der Waals surface area (Å²) < 4.78 is 5.04. The Kier molecular flexibility index (Phi) is 4.64. The zero-order chi connectivity index (χ0) is 15.4. The lowest BCUT2D eigenvalue weighted by molar-refractivity contribution is -0.137. The Morgan fingerprint density at radius 2 is 2.00 bits per heavy atom. The maximum absolute atomic E-state index is 12.1. The number of hydrogen-bond acceptors (Lipinski definition) is 5. The highest BCUT2D eigenvalue weighted by atomic mass is 32.2. The Morgan fingerprint density at radius 1 is 1.33 bits per heavy atom. The number of carbonyl (C=O) groups excluding carboxylic acids is 2. The van der Waals surface area contributed by atoms with Gasteiger partial charge >= 0.3 is 5.97 Å². The van der Waals surface area contributed by atoms with Gasteiger partial charge in [-0.25, -0.2) is 0 Å². The van der Waals surface area contributed by atoms with Gasteiger partial charge in [-0.15, -0.1) is 0 Å². The predicted octanol–water partition coefficient (Wildman–Crippen LogP) is 2.21. The van der Waals surface area contributed by atoms with Gasteiger partial charge in [-0.05, 0) is 35.5 Å². The molecule has 1 heterocycles. The van der Waals surface area contributed by atoms with Gasteiger partial charge in [0.15, 0.2) is 0 Å². The molecule has 1 N–H and O–H groups in total. The van der Waals surface area contributed by atoms with Crippen molar-refractivity contribution in [3.63, 3.8) is 0 Å². The molecule has 110 valence electrons. The maximum atomic E-state index is 12.1. The van der Waals surface area contributed by atoms with E-state index >= 15 is 0 Å². The molecule has 0 saturated carbocycles. The molecule has 1 aliphatic heterocycles. The van der Waals surface area contributed by atoms with E-state index in [4.69, 9.17) is 9.84 Å². The van der Waals surface area contributed by atoms with E-state index in [1.807, 2.05) is 0 Å². The van der Waals surface area contributed by atoms with Gasteiger partial charge in [0.05, 0.1) is 18.4 Å². The summed E-state index contributed by atoms with van der Waals surface area (Å²) >= 11 is 0.813. The quantitative estimate of drug-likeness (QED) is 0.840. The summed E-state index contributed by atoms with van der Waals surface area (Å²) in [4.78, 5) is 35.5. The van der Waals surface area contributed by atoms with Crippen LogP contribution in [0, 0.1) is 0 Å². The average Bonchev–Trinajstić information content (AvgIpc) is 2.72. The van der Waals surface area contributed by atoms with E-state index in [9.17, 15) is 14.4 Å². The van der Waals surface area contributed by atoms with Crippen LogP contribution in [0.15, 0.2) is 29.2 Å². The molecule has 0 atom stereocenters. The Morgan fingerprint density at radius 3 is 2.57 bits per heavy atom. The van der Waals surface area contributed by atoms with Gasteiger partial charge in [0.2, 0.25) is 0 Å². The SMILES string of the molecule is COc1ccc(C=C2SC(=O)N(CCC(=O)O)C2=O)cc1. The first kappa shape index (κ1) is 15.1. The molecule has 0 aliphatic carbocycles. The number of carboxylic acids is 1. The van der Waals surface area contributed by atoms with E-state index in [2.05, 4.69) is 0 Å². The fourth-order valence-corrected chi connectivity index (χ4v) is 2.62. The van der Waals surface area contributed by atoms with Crippen LogP contribution in [0.2, 0.25) is 0 Å². The summed E-state index contributed by atoms with van der Waals surface area (Å²) in [6.07, 6.45) is 1.35. The second-order valence-electron chi connectivity index (χ2n) is 4.25. The topological polar surface area (TPSA) is 83.9 Å². The fraction of sp³-hybridized carbons (Fsp3) is 0.214. The van der Waals surface area contributed by atoms with Gasteiger partial charge in [0.1, 0.15) is 5.75 Å². The summed E-state index contributed by atoms with van der Waals surface area (Å²) in [6.45, 7) is -0.111. The van der Waals surface area contributed by atoms with Gasteiger partial charge in [0, 0.05) is 6.54 Å². The van der Waals surface area contributed by atoms with Crippen molar-refractivity contribution in [3.8, 4) is 5.75 Å². The van der Waals surface area contributed by atoms with Crippen LogP contribution in [0.25, 0.3) is 6.08 Å². The number of hydrogen-bond donors (Lipinski definition) is 1. The number of rotatable bonds is 5. The van der Waals surface area contributed by atoms with Crippen LogP contribution in [-0.4, -0.2) is 40.8 Å². The van der Waals surface area contributed by atoms with Gasteiger partial charge in [-0.3, -0.25) is 19.3 Å². The van der Waals surface area contributed by atoms with E-state index in [0.717, 1.165) is 22.2 Å². The predicted molar refractivity (Wildman–Crippen MR) is 77.9 cm³/mol. The first-order valence-electron chi connectivity index (χ1n) is 6.12. The molecule has 0 bridgehead atoms. The van der Waals surface area contributed by atoms with Gasteiger partial charge in [-0.2, -0.15) is 0 Å². The lowest BCUT2D eigenvalue weighted by Crippen LogP contribution is -2.30. The number of thioether (sulfide) groups is 1. The minimum absolute atomic E-state index is 0.111. The van der Waals surface area contributed by atoms with E-state index < -0.39 is 17.1 Å². The summed E-state index contributed by atoms with van der Waals surface area (Å²) in [5.74, 6) is -0.808. The maximum Gasteiger partial charge on any atom is 0.305 e. The van der Waals surface area contributed by atoms with Crippen LogP contribution in [0.3, 0.4) is 0 Å². The molecule has 21 heavy (non-hydrogen) atoms. The summed E-state index contributed by atoms with van der Waals surface area (Å²) in [6, 6.07) is 7.04. The first-order chi connectivity index (χ1) is 10.0. The standard InChI is InChI=1S/C14H13NO5S/c1-20-10-4-2-9(3-5-10)8-11-13(18)15(14(19)21-11)7-6-12(16)17/h2-5,8H,6-7H2,1H3,(H,16,17). The molecule has 1 saturated heterocycles. The highest BCUT2D eigenvalue weighted by Gasteiger charge is 2.34. The van der Waals surface area contributed by atoms with Crippen molar-refractivity contribution in [2.75, 3.05) is 13.7 Å². The molecule has 0 spiro atoms. The normalized spacial score (nSPS) is 16.6. The molecular formula is C14H13NO5S. The zero-order valence-corrected chi connectivity index (χ0v) is 12.1. The van der Waals surface area contributed by atoms with Crippen molar-refractivity contribution in [1.82, 2.24) is 4.90 Å². The Bertz CT molecular complexity index is 608. The van der Waals surface area contributed by atoms with E-state index in [1.54, 1.807) is 37.5 Å². The average molecular weight is 307 g/mol. The number of benzene rings is 1. The number of amides is 2. The van der Waals surface area contributed by atoms with Crippen molar-refractivity contribution in [1.29, 1.82) is 0 Å². The molecule has 1 fully saturated rings. The highest BCUT2D eigenvalue weighted by molar-refractivity contribution is 8.18. The van der Waals surface area contributed by atoms with Gasteiger partial charge in [0.25, 0.3) is 11.1 Å². The molecule has 1 aromatic carbocycles. The van der Waals surface area contributed by atoms with Crippen LogP contribution in [0.1, 0.15) is 12.0 Å². The Labute approximate surface area is 125 Å². The first-order valence-corrected chi connectivity index (χ1v) is 6.94. The number of methoxy groups -OCH3 is 1. The van der Waals surface area contributed by atoms with Crippen LogP contribution in [0.5, 0.6) is 5.75 Å². The monoisotopic (exact) mass is 307 g/mol. The lowest BCUT2D eigenvalue weighted by Gasteiger charge is -2.09. The molecule has 7 heteroatoms. The van der Waals surface area contributed by atoms with Crippen LogP contribution in [0.4, 0.5) is 4.79 Å². The van der Waals surface area contributed by atoms with Crippen LogP contribution in [-0.2, 0) is 9.59 Å². The number of nitrogens with zero attached hydrogens (tertiary/aromatic N) is 1. The number of imide groups is 1. The van der Waals surface area contributed by atoms with Crippen molar-refractivity contribution >= 4 is 35.0 Å². The summed E-state index contributed by atoms with van der Waals surface area (Å²) in [7, 11) is 1.56. The second kappa shape index (κ2) is 6.45. The molecule has 6 nitrogen and oxygen atoms in total. The zero-order valence-electron chi connectivity index (χ0n) is 11.2. The molecular weight excluding hydrogens is 294 g/mol. The van der Waals surface area contributed by atoms with E-state index in [0.29, 0.717) is 5.75 Å².